The predicted octanol–water partition coefficient (Wildman–Crippen LogP) is 2.60. The molecule has 0 radical (unpaired) electrons. The smallest absolute Gasteiger partial charge is 0.303 e. The highest BCUT2D eigenvalue weighted by Gasteiger charge is 2.51. The minimum atomic E-state index is -0.842. The first kappa shape index (κ1) is 14.9. The number of rotatable bonds is 6. The van der Waals surface area contributed by atoms with Crippen LogP contribution in [0.2, 0.25) is 5.02 Å². The summed E-state index contributed by atoms with van der Waals surface area (Å²) in [4.78, 5) is 22.9. The number of amides is 1. The number of carbonyl (C=O) groups is 2. The maximum absolute atomic E-state index is 12.3. The summed E-state index contributed by atoms with van der Waals surface area (Å²) in [6, 6.07) is 7.35. The maximum atomic E-state index is 12.3. The molecule has 0 saturated heterocycles. The van der Waals surface area contributed by atoms with Gasteiger partial charge < -0.3 is 10.4 Å². The van der Waals surface area contributed by atoms with Crippen LogP contribution >= 0.6 is 11.6 Å². The number of carboxylic acid groups (broad SMARTS) is 1. The quantitative estimate of drug-likeness (QED) is 0.848. The van der Waals surface area contributed by atoms with Crippen molar-refractivity contribution in [2.45, 2.75) is 31.6 Å². The van der Waals surface area contributed by atoms with Crippen molar-refractivity contribution in [2.24, 2.45) is 5.92 Å². The number of carbonyl (C=O) groups excluding carboxylic acids is 1. The molecule has 0 bridgehead atoms. The molecule has 1 saturated carbocycles. The number of benzene rings is 1. The number of carboxylic acids is 1. The molecule has 1 fully saturated rings. The third-order valence-electron chi connectivity index (χ3n) is 3.72. The van der Waals surface area contributed by atoms with Gasteiger partial charge in [-0.1, -0.05) is 30.7 Å². The zero-order chi connectivity index (χ0) is 14.8. The molecule has 1 unspecified atom stereocenters. The first-order valence-electron chi connectivity index (χ1n) is 6.70. The van der Waals surface area contributed by atoms with Crippen LogP contribution in [0.4, 0.5) is 0 Å². The fourth-order valence-corrected chi connectivity index (χ4v) is 2.47. The minimum absolute atomic E-state index is 0.0166. The predicted molar refractivity (Wildman–Crippen MR) is 76.8 cm³/mol. The fraction of sp³-hybridized carbons (Fsp3) is 0.467. The summed E-state index contributed by atoms with van der Waals surface area (Å²) in [7, 11) is 0. The Bertz CT molecular complexity index is 508. The van der Waals surface area contributed by atoms with E-state index in [0.29, 0.717) is 11.6 Å². The van der Waals surface area contributed by atoms with E-state index in [2.05, 4.69) is 5.32 Å². The van der Waals surface area contributed by atoms with Crippen molar-refractivity contribution in [3.63, 3.8) is 0 Å². The molecule has 1 aromatic rings. The van der Waals surface area contributed by atoms with Crippen LogP contribution in [-0.2, 0) is 15.0 Å². The highest BCUT2D eigenvalue weighted by Crippen LogP contribution is 2.48. The van der Waals surface area contributed by atoms with Gasteiger partial charge in [0.25, 0.3) is 0 Å². The first-order chi connectivity index (χ1) is 9.44. The Kier molecular flexibility index (Phi) is 4.33. The molecule has 20 heavy (non-hydrogen) atoms. The molecule has 1 aliphatic carbocycles. The lowest BCUT2D eigenvalue weighted by molar-refractivity contribution is -0.138. The zero-order valence-electron chi connectivity index (χ0n) is 11.4. The molecule has 4 nitrogen and oxygen atoms in total. The highest BCUT2D eigenvalue weighted by atomic mass is 35.5. The summed E-state index contributed by atoms with van der Waals surface area (Å²) in [5.41, 5.74) is 0.540. The lowest BCUT2D eigenvalue weighted by atomic mass is 9.94. The van der Waals surface area contributed by atoms with E-state index in [1.54, 1.807) is 12.1 Å². The third kappa shape index (κ3) is 3.31. The molecule has 5 heteroatoms. The fourth-order valence-electron chi connectivity index (χ4n) is 2.35. The molecule has 2 N–H and O–H groups in total. The van der Waals surface area contributed by atoms with Crippen LogP contribution in [0.25, 0.3) is 0 Å². The first-order valence-corrected chi connectivity index (χ1v) is 7.08. The van der Waals surface area contributed by atoms with Gasteiger partial charge in [-0.3, -0.25) is 9.59 Å². The van der Waals surface area contributed by atoms with Gasteiger partial charge in [0.15, 0.2) is 0 Å². The van der Waals surface area contributed by atoms with Crippen LogP contribution in [0, 0.1) is 5.92 Å². The molecule has 1 amide bonds. The molecule has 0 spiro atoms. The second-order valence-corrected chi connectivity index (χ2v) is 5.94. The molecule has 2 rings (SSSR count). The number of nitrogens with one attached hydrogen (secondary N) is 1. The van der Waals surface area contributed by atoms with Crippen molar-refractivity contribution in [1.29, 1.82) is 0 Å². The summed E-state index contributed by atoms with van der Waals surface area (Å²) in [6.07, 6.45) is 1.72. The van der Waals surface area contributed by atoms with Crippen molar-refractivity contribution in [3.8, 4) is 0 Å². The van der Waals surface area contributed by atoms with Crippen molar-refractivity contribution in [2.75, 3.05) is 6.54 Å². The molecule has 1 atom stereocenters. The van der Waals surface area contributed by atoms with Gasteiger partial charge in [-0.15, -0.1) is 0 Å². The van der Waals surface area contributed by atoms with Gasteiger partial charge in [0.1, 0.15) is 0 Å². The zero-order valence-corrected chi connectivity index (χ0v) is 12.1. The molecule has 0 aliphatic heterocycles. The molecule has 0 aromatic heterocycles. The van der Waals surface area contributed by atoms with E-state index in [9.17, 15) is 9.59 Å². The Balaban J connectivity index is 1.95. The van der Waals surface area contributed by atoms with E-state index in [0.717, 1.165) is 18.4 Å². The second kappa shape index (κ2) is 5.83. The highest BCUT2D eigenvalue weighted by molar-refractivity contribution is 6.30. The lowest BCUT2D eigenvalue weighted by Gasteiger charge is -2.17. The van der Waals surface area contributed by atoms with E-state index in [-0.39, 0.29) is 18.2 Å². The molecular weight excluding hydrogens is 278 g/mol. The molecule has 0 heterocycles. The van der Waals surface area contributed by atoms with Gasteiger partial charge >= 0.3 is 5.97 Å². The molecule has 1 aliphatic rings. The van der Waals surface area contributed by atoms with E-state index >= 15 is 0 Å². The number of aliphatic carboxylic acids is 1. The maximum Gasteiger partial charge on any atom is 0.303 e. The van der Waals surface area contributed by atoms with E-state index < -0.39 is 11.4 Å². The van der Waals surface area contributed by atoms with Gasteiger partial charge in [-0.25, -0.2) is 0 Å². The minimum Gasteiger partial charge on any atom is -0.481 e. The van der Waals surface area contributed by atoms with Crippen LogP contribution in [0.5, 0.6) is 0 Å². The van der Waals surface area contributed by atoms with Crippen molar-refractivity contribution >= 4 is 23.5 Å². The average Bonchev–Trinajstić information content (AvgIpc) is 3.17. The Morgan fingerprint density at radius 2 is 1.95 bits per heavy atom. The van der Waals surface area contributed by atoms with E-state index in [4.69, 9.17) is 16.7 Å². The largest absolute Gasteiger partial charge is 0.481 e. The summed E-state index contributed by atoms with van der Waals surface area (Å²) in [5, 5.41) is 12.2. The second-order valence-electron chi connectivity index (χ2n) is 5.50. The Labute approximate surface area is 123 Å². The molecule has 108 valence electrons. The van der Waals surface area contributed by atoms with Crippen LogP contribution in [0.15, 0.2) is 24.3 Å². The SMILES string of the molecule is CC(CNC(=O)C1(c2ccc(Cl)cc2)CC1)CC(=O)O. The molecular formula is C15H18ClNO3. The van der Waals surface area contributed by atoms with Gasteiger partial charge in [-0.05, 0) is 36.5 Å². The van der Waals surface area contributed by atoms with Gasteiger partial charge in [0.05, 0.1) is 5.41 Å². The topological polar surface area (TPSA) is 66.4 Å². The van der Waals surface area contributed by atoms with E-state index in [1.807, 2.05) is 19.1 Å². The number of hydrogen-bond acceptors (Lipinski definition) is 2. The Hall–Kier alpha value is -1.55. The number of hydrogen-bond donors (Lipinski definition) is 2. The standard InChI is InChI=1S/C15H18ClNO3/c1-10(8-13(18)19)9-17-14(20)15(6-7-15)11-2-4-12(16)5-3-11/h2-5,10H,6-9H2,1H3,(H,17,20)(H,18,19). The van der Waals surface area contributed by atoms with Crippen molar-refractivity contribution in [3.05, 3.63) is 34.9 Å². The summed E-state index contributed by atoms with van der Waals surface area (Å²) >= 11 is 5.86. The van der Waals surface area contributed by atoms with Gasteiger partial charge in [0.2, 0.25) is 5.91 Å². The van der Waals surface area contributed by atoms with Crippen molar-refractivity contribution < 1.29 is 14.7 Å². The Morgan fingerprint density at radius 1 is 1.35 bits per heavy atom. The van der Waals surface area contributed by atoms with Crippen LogP contribution in [0.1, 0.15) is 31.7 Å². The number of halogens is 1. The van der Waals surface area contributed by atoms with Crippen LogP contribution in [-0.4, -0.2) is 23.5 Å². The monoisotopic (exact) mass is 295 g/mol. The van der Waals surface area contributed by atoms with Gasteiger partial charge in [0, 0.05) is 18.0 Å². The Morgan fingerprint density at radius 3 is 2.45 bits per heavy atom. The molecule has 1 aromatic carbocycles. The summed E-state index contributed by atoms with van der Waals surface area (Å²) in [5.74, 6) is -0.930. The van der Waals surface area contributed by atoms with Gasteiger partial charge in [-0.2, -0.15) is 0 Å². The van der Waals surface area contributed by atoms with Crippen LogP contribution in [0.3, 0.4) is 0 Å². The third-order valence-corrected chi connectivity index (χ3v) is 3.97. The lowest BCUT2D eigenvalue weighted by Crippen LogP contribution is -2.37. The summed E-state index contributed by atoms with van der Waals surface area (Å²) in [6.45, 7) is 2.21. The van der Waals surface area contributed by atoms with Crippen molar-refractivity contribution in [1.82, 2.24) is 5.32 Å². The average molecular weight is 296 g/mol. The summed E-state index contributed by atoms with van der Waals surface area (Å²) < 4.78 is 0. The van der Waals surface area contributed by atoms with E-state index in [1.165, 1.54) is 0 Å². The normalized spacial score (nSPS) is 17.3. The van der Waals surface area contributed by atoms with Crippen LogP contribution < -0.4 is 5.32 Å².